The molecule has 3 N–H and O–H groups in total. The van der Waals surface area contributed by atoms with Crippen molar-refractivity contribution in [3.8, 4) is 11.5 Å². The molecule has 23 heavy (non-hydrogen) atoms. The van der Waals surface area contributed by atoms with Gasteiger partial charge in [0.25, 0.3) is 11.8 Å². The largest absolute Gasteiger partial charge is 0.486 e. The molecule has 1 aliphatic rings. The number of hydrogen-bond donors (Lipinski definition) is 2. The highest BCUT2D eigenvalue weighted by Gasteiger charge is 2.20. The third kappa shape index (κ3) is 3.07. The summed E-state index contributed by atoms with van der Waals surface area (Å²) < 4.78 is 10.8. The summed E-state index contributed by atoms with van der Waals surface area (Å²) in [6, 6.07) is 9.51. The van der Waals surface area contributed by atoms with Crippen LogP contribution in [-0.2, 0) is 0 Å². The van der Waals surface area contributed by atoms with Gasteiger partial charge >= 0.3 is 0 Å². The summed E-state index contributed by atoms with van der Waals surface area (Å²) in [5.74, 6) is -0.154. The summed E-state index contributed by atoms with van der Waals surface area (Å²) in [7, 11) is 0. The molecule has 0 atom stereocenters. The molecule has 1 heterocycles. The lowest BCUT2D eigenvalue weighted by molar-refractivity contribution is 0.100. The number of rotatable bonds is 3. The van der Waals surface area contributed by atoms with Crippen molar-refractivity contribution in [1.29, 1.82) is 0 Å². The van der Waals surface area contributed by atoms with Crippen molar-refractivity contribution in [2.24, 2.45) is 5.73 Å². The normalized spacial score (nSPS) is 12.6. The lowest BCUT2D eigenvalue weighted by Crippen LogP contribution is -2.20. The molecule has 0 fully saturated rings. The van der Waals surface area contributed by atoms with E-state index in [0.717, 1.165) is 0 Å². The minimum atomic E-state index is -0.630. The second-order valence-electron chi connectivity index (χ2n) is 4.84. The number of carbonyl (C=O) groups excluding carboxylic acids is 2. The lowest BCUT2D eigenvalue weighted by atomic mass is 10.1. The van der Waals surface area contributed by atoms with Gasteiger partial charge in [-0.25, -0.2) is 0 Å². The van der Waals surface area contributed by atoms with E-state index in [-0.39, 0.29) is 16.1 Å². The van der Waals surface area contributed by atoms with Gasteiger partial charge in [0.15, 0.2) is 11.5 Å². The Labute approximate surface area is 137 Å². The molecule has 1 aliphatic heterocycles. The van der Waals surface area contributed by atoms with E-state index in [1.54, 1.807) is 18.2 Å². The Morgan fingerprint density at radius 2 is 1.70 bits per heavy atom. The maximum Gasteiger partial charge on any atom is 0.257 e. The van der Waals surface area contributed by atoms with E-state index in [1.165, 1.54) is 18.2 Å². The summed E-state index contributed by atoms with van der Waals surface area (Å²) in [6.45, 7) is 0.834. The minimum Gasteiger partial charge on any atom is -0.486 e. The molecule has 0 aromatic heterocycles. The number of ether oxygens (including phenoxy) is 2. The zero-order chi connectivity index (χ0) is 16.4. The molecule has 2 aromatic rings. The van der Waals surface area contributed by atoms with Crippen molar-refractivity contribution < 1.29 is 19.1 Å². The van der Waals surface area contributed by atoms with Crippen LogP contribution in [0.5, 0.6) is 11.5 Å². The fourth-order valence-electron chi connectivity index (χ4n) is 2.23. The Balaban J connectivity index is 1.91. The Kier molecular flexibility index (Phi) is 4.08. The summed E-state index contributed by atoms with van der Waals surface area (Å²) in [4.78, 5) is 23.9. The number of anilines is 1. The molecular formula is C16H13ClN2O4. The molecule has 0 saturated carbocycles. The number of hydrogen-bond acceptors (Lipinski definition) is 4. The molecule has 118 valence electrons. The summed E-state index contributed by atoms with van der Waals surface area (Å²) >= 11 is 6.14. The third-order valence-corrected chi connectivity index (χ3v) is 3.63. The van der Waals surface area contributed by atoms with Gasteiger partial charge in [0.1, 0.15) is 13.2 Å². The number of halogens is 1. The molecule has 6 nitrogen and oxygen atoms in total. The van der Waals surface area contributed by atoms with Gasteiger partial charge in [0, 0.05) is 6.07 Å². The van der Waals surface area contributed by atoms with Gasteiger partial charge in [-0.1, -0.05) is 23.7 Å². The van der Waals surface area contributed by atoms with Crippen LogP contribution in [0, 0.1) is 0 Å². The Morgan fingerprint density at radius 3 is 2.39 bits per heavy atom. The predicted molar refractivity (Wildman–Crippen MR) is 85.4 cm³/mol. The molecule has 2 amide bonds. The molecule has 0 unspecified atom stereocenters. The molecule has 0 spiro atoms. The van der Waals surface area contributed by atoms with Crippen molar-refractivity contribution in [2.75, 3.05) is 18.5 Å². The number of fused-ring (bicyclic) bond motifs is 1. The van der Waals surface area contributed by atoms with Crippen LogP contribution in [0.4, 0.5) is 5.69 Å². The highest BCUT2D eigenvalue weighted by molar-refractivity contribution is 6.34. The Hall–Kier alpha value is -2.73. The van der Waals surface area contributed by atoms with E-state index in [1.807, 2.05) is 0 Å². The summed E-state index contributed by atoms with van der Waals surface area (Å²) in [5, 5.41) is 2.86. The van der Waals surface area contributed by atoms with Gasteiger partial charge in [-0.05, 0) is 18.2 Å². The highest BCUT2D eigenvalue weighted by atomic mass is 35.5. The number of primary amides is 1. The van der Waals surface area contributed by atoms with Crippen LogP contribution < -0.4 is 20.5 Å². The number of carbonyl (C=O) groups is 2. The predicted octanol–water partition coefficient (Wildman–Crippen LogP) is 2.46. The van der Waals surface area contributed by atoms with E-state index in [9.17, 15) is 9.59 Å². The van der Waals surface area contributed by atoms with E-state index < -0.39 is 11.8 Å². The smallest absolute Gasteiger partial charge is 0.257 e. The zero-order valence-corrected chi connectivity index (χ0v) is 12.7. The molecular weight excluding hydrogens is 320 g/mol. The van der Waals surface area contributed by atoms with Gasteiger partial charge in [-0.3, -0.25) is 9.59 Å². The fraction of sp³-hybridized carbons (Fsp3) is 0.125. The van der Waals surface area contributed by atoms with Crippen molar-refractivity contribution in [3.05, 3.63) is 52.5 Å². The fourth-order valence-corrected chi connectivity index (χ4v) is 2.47. The van der Waals surface area contributed by atoms with E-state index in [4.69, 9.17) is 26.8 Å². The van der Waals surface area contributed by atoms with Gasteiger partial charge in [0.05, 0.1) is 21.8 Å². The minimum absolute atomic E-state index is 0.217. The van der Waals surface area contributed by atoms with Crippen LogP contribution in [0.1, 0.15) is 20.7 Å². The monoisotopic (exact) mass is 332 g/mol. The first-order chi connectivity index (χ1) is 11.1. The number of benzene rings is 2. The van der Waals surface area contributed by atoms with Crippen LogP contribution in [0.3, 0.4) is 0 Å². The third-order valence-electron chi connectivity index (χ3n) is 3.32. The second kappa shape index (κ2) is 6.18. The number of nitrogens with one attached hydrogen (secondary N) is 1. The van der Waals surface area contributed by atoms with Crippen LogP contribution in [0.15, 0.2) is 36.4 Å². The standard InChI is InChI=1S/C16H13ClN2O4/c17-11-8-14-13(22-5-6-23-14)7-10(11)16(21)19-12-4-2-1-3-9(12)15(18)20/h1-4,7-8H,5-6H2,(H2,18,20)(H,19,21). The van der Waals surface area contributed by atoms with Gasteiger partial charge < -0.3 is 20.5 Å². The highest BCUT2D eigenvalue weighted by Crippen LogP contribution is 2.35. The number of para-hydroxylation sites is 1. The van der Waals surface area contributed by atoms with Crippen LogP contribution in [0.2, 0.25) is 5.02 Å². The Bertz CT molecular complexity index is 792. The van der Waals surface area contributed by atoms with Crippen LogP contribution in [0.25, 0.3) is 0 Å². The summed E-state index contributed by atoms with van der Waals surface area (Å²) in [6.07, 6.45) is 0. The van der Waals surface area contributed by atoms with Crippen molar-refractivity contribution in [2.45, 2.75) is 0 Å². The number of amides is 2. The molecule has 2 aromatic carbocycles. The quantitative estimate of drug-likeness (QED) is 0.903. The average Bonchev–Trinajstić information content (AvgIpc) is 2.54. The molecule has 7 heteroatoms. The first kappa shape index (κ1) is 15.2. The van der Waals surface area contributed by atoms with Crippen molar-refractivity contribution in [3.63, 3.8) is 0 Å². The molecule has 0 radical (unpaired) electrons. The van der Waals surface area contributed by atoms with Crippen molar-refractivity contribution in [1.82, 2.24) is 0 Å². The van der Waals surface area contributed by atoms with E-state index in [2.05, 4.69) is 5.32 Å². The maximum atomic E-state index is 12.5. The first-order valence-corrected chi connectivity index (χ1v) is 7.23. The van der Waals surface area contributed by atoms with E-state index >= 15 is 0 Å². The maximum absolute atomic E-state index is 12.5. The van der Waals surface area contributed by atoms with E-state index in [0.29, 0.717) is 30.4 Å². The molecule has 0 bridgehead atoms. The zero-order valence-electron chi connectivity index (χ0n) is 12.0. The van der Waals surface area contributed by atoms with Gasteiger partial charge in [0.2, 0.25) is 0 Å². The summed E-state index contributed by atoms with van der Waals surface area (Å²) in [5.41, 5.74) is 6.05. The lowest BCUT2D eigenvalue weighted by Gasteiger charge is -2.19. The Morgan fingerprint density at radius 1 is 1.04 bits per heavy atom. The first-order valence-electron chi connectivity index (χ1n) is 6.85. The topological polar surface area (TPSA) is 90.7 Å². The molecule has 0 aliphatic carbocycles. The van der Waals surface area contributed by atoms with Crippen LogP contribution >= 0.6 is 11.6 Å². The second-order valence-corrected chi connectivity index (χ2v) is 5.25. The molecule has 0 saturated heterocycles. The van der Waals surface area contributed by atoms with Crippen LogP contribution in [-0.4, -0.2) is 25.0 Å². The van der Waals surface area contributed by atoms with Gasteiger partial charge in [-0.15, -0.1) is 0 Å². The van der Waals surface area contributed by atoms with Gasteiger partial charge in [-0.2, -0.15) is 0 Å². The molecule has 3 rings (SSSR count). The average molecular weight is 333 g/mol. The SMILES string of the molecule is NC(=O)c1ccccc1NC(=O)c1cc2c(cc1Cl)OCCO2. The number of nitrogens with two attached hydrogens (primary N) is 1. The van der Waals surface area contributed by atoms with Crippen molar-refractivity contribution >= 4 is 29.1 Å².